The zero-order valence-electron chi connectivity index (χ0n) is 13.5. The maximum atomic E-state index is 10.8. The topological polar surface area (TPSA) is 71.4 Å². The predicted molar refractivity (Wildman–Crippen MR) is 92.2 cm³/mol. The summed E-state index contributed by atoms with van der Waals surface area (Å²) < 4.78 is 38.2. The van der Waals surface area contributed by atoms with Crippen molar-refractivity contribution in [3.05, 3.63) is 54.4 Å². The molecule has 3 rings (SSSR count). The van der Waals surface area contributed by atoms with Crippen molar-refractivity contribution >= 4 is 21.2 Å². The zero-order valence-corrected chi connectivity index (χ0v) is 14.3. The van der Waals surface area contributed by atoms with Crippen LogP contribution in [-0.4, -0.2) is 18.7 Å². The average molecular weight is 346 g/mol. The molecule has 126 valence electrons. The van der Waals surface area contributed by atoms with Crippen LogP contribution in [0, 0.1) is 6.92 Å². The van der Waals surface area contributed by atoms with E-state index in [1.54, 1.807) is 0 Å². The Balaban J connectivity index is 1.86. The van der Waals surface area contributed by atoms with Gasteiger partial charge in [-0.3, -0.25) is 4.55 Å². The van der Waals surface area contributed by atoms with E-state index in [4.69, 9.17) is 8.97 Å². The third-order valence-electron chi connectivity index (χ3n) is 4.03. The summed E-state index contributed by atoms with van der Waals surface area (Å²) in [5, 5.41) is 0. The molecule has 0 unspecified atom stereocenters. The van der Waals surface area contributed by atoms with E-state index in [9.17, 15) is 8.42 Å². The summed E-state index contributed by atoms with van der Waals surface area (Å²) in [4.78, 5) is 0. The van der Waals surface area contributed by atoms with Crippen LogP contribution in [-0.2, 0) is 16.7 Å². The quantitative estimate of drug-likeness (QED) is 0.422. The summed E-state index contributed by atoms with van der Waals surface area (Å²) in [6.45, 7) is 2.54. The molecule has 0 aliphatic rings. The molecule has 24 heavy (non-hydrogen) atoms. The maximum absolute atomic E-state index is 10.8. The maximum Gasteiger partial charge on any atom is 0.344 e. The van der Waals surface area contributed by atoms with Gasteiger partial charge in [0.05, 0.1) is 12.7 Å². The molecule has 0 spiro atoms. The van der Waals surface area contributed by atoms with E-state index in [1.807, 2.05) is 41.8 Å². The van der Waals surface area contributed by atoms with E-state index >= 15 is 0 Å². The molecule has 0 saturated carbocycles. The first-order valence-electron chi connectivity index (χ1n) is 7.87. The summed E-state index contributed by atoms with van der Waals surface area (Å²) >= 11 is 0. The number of nitrogens with zero attached hydrogens (tertiary/aromatic N) is 1. The van der Waals surface area contributed by atoms with Gasteiger partial charge in [-0.25, -0.2) is 0 Å². The lowest BCUT2D eigenvalue weighted by Gasteiger charge is -2.00. The van der Waals surface area contributed by atoms with E-state index in [2.05, 4.69) is 18.2 Å². The zero-order chi connectivity index (χ0) is 17.2. The van der Waals surface area contributed by atoms with Crippen LogP contribution in [0.15, 0.2) is 52.9 Å². The highest BCUT2D eigenvalue weighted by Gasteiger charge is 2.19. The first-order chi connectivity index (χ1) is 11.4. The molecule has 6 heteroatoms. The minimum atomic E-state index is -3.89. The van der Waals surface area contributed by atoms with Crippen LogP contribution in [0.2, 0.25) is 0 Å². The van der Waals surface area contributed by atoms with Gasteiger partial charge in [0, 0.05) is 12.5 Å². The summed E-state index contributed by atoms with van der Waals surface area (Å²) in [7, 11) is -3.89. The molecule has 0 aliphatic carbocycles. The third kappa shape index (κ3) is 3.83. The van der Waals surface area contributed by atoms with Gasteiger partial charge >= 0.3 is 5.89 Å². The van der Waals surface area contributed by atoms with Crippen molar-refractivity contribution in [2.24, 2.45) is 0 Å². The fraction of sp³-hybridized carbons (Fsp3) is 0.278. The van der Waals surface area contributed by atoms with Gasteiger partial charge in [-0.1, -0.05) is 36.4 Å². The Kier molecular flexibility index (Phi) is 4.69. The molecule has 0 bridgehead atoms. The highest BCUT2D eigenvalue weighted by molar-refractivity contribution is 7.85. The predicted octanol–water partition coefficient (Wildman–Crippen LogP) is 3.36. The van der Waals surface area contributed by atoms with Gasteiger partial charge in [0.2, 0.25) is 5.58 Å². The number of rotatable bonds is 6. The molecule has 0 radical (unpaired) electrons. The van der Waals surface area contributed by atoms with Crippen molar-refractivity contribution in [3.63, 3.8) is 0 Å². The van der Waals surface area contributed by atoms with Gasteiger partial charge in [0.15, 0.2) is 6.54 Å². The smallest absolute Gasteiger partial charge is 0.344 e. The van der Waals surface area contributed by atoms with Gasteiger partial charge in [-0.05, 0) is 23.6 Å². The first kappa shape index (κ1) is 16.7. The minimum Gasteiger partial charge on any atom is -0.402 e. The molecule has 1 N–H and O–H groups in total. The van der Waals surface area contributed by atoms with Crippen molar-refractivity contribution in [2.75, 3.05) is 5.75 Å². The SMILES string of the molecule is Cc1oc2ccc(-c3ccccc3)cc2[n+]1CCCCS(=O)(=O)O. The highest BCUT2D eigenvalue weighted by atomic mass is 32.2. The minimum absolute atomic E-state index is 0.211. The summed E-state index contributed by atoms with van der Waals surface area (Å²) in [5.41, 5.74) is 4.04. The largest absolute Gasteiger partial charge is 0.402 e. The number of hydrogen-bond donors (Lipinski definition) is 1. The number of fused-ring (bicyclic) bond motifs is 1. The number of unbranched alkanes of at least 4 members (excludes halogenated alkanes) is 1. The van der Waals surface area contributed by atoms with Crippen molar-refractivity contribution in [1.82, 2.24) is 0 Å². The van der Waals surface area contributed by atoms with Gasteiger partial charge < -0.3 is 4.42 Å². The summed E-state index contributed by atoms with van der Waals surface area (Å²) in [6, 6.07) is 16.2. The number of aromatic nitrogens is 1. The Bertz CT molecular complexity index is 946. The number of oxazole rings is 1. The van der Waals surface area contributed by atoms with Crippen LogP contribution in [0.4, 0.5) is 0 Å². The lowest BCUT2D eigenvalue weighted by Crippen LogP contribution is -2.35. The molecular weight excluding hydrogens is 326 g/mol. The van der Waals surface area contributed by atoms with Crippen LogP contribution in [0.5, 0.6) is 0 Å². The lowest BCUT2D eigenvalue weighted by atomic mass is 10.1. The second-order valence-corrected chi connectivity index (χ2v) is 7.39. The summed E-state index contributed by atoms with van der Waals surface area (Å²) in [6.07, 6.45) is 1.06. The molecule has 1 heterocycles. The Labute approximate surface area is 141 Å². The Hall–Kier alpha value is -2.18. The molecule has 5 nitrogen and oxygen atoms in total. The van der Waals surface area contributed by atoms with E-state index in [0.29, 0.717) is 19.4 Å². The molecule has 0 atom stereocenters. The molecule has 0 saturated heterocycles. The molecule has 0 amide bonds. The van der Waals surface area contributed by atoms with E-state index in [-0.39, 0.29) is 5.75 Å². The van der Waals surface area contributed by atoms with Gasteiger partial charge in [-0.2, -0.15) is 13.0 Å². The second kappa shape index (κ2) is 6.75. The molecule has 3 aromatic rings. The first-order valence-corrected chi connectivity index (χ1v) is 9.48. The molecule has 2 aromatic carbocycles. The number of aryl methyl sites for hydroxylation is 2. The van der Waals surface area contributed by atoms with Crippen LogP contribution in [0.3, 0.4) is 0 Å². The fourth-order valence-electron chi connectivity index (χ4n) is 2.84. The van der Waals surface area contributed by atoms with Gasteiger partial charge in [0.1, 0.15) is 0 Å². The van der Waals surface area contributed by atoms with E-state index < -0.39 is 10.1 Å². The highest BCUT2D eigenvalue weighted by Crippen LogP contribution is 2.24. The van der Waals surface area contributed by atoms with Crippen molar-refractivity contribution < 1.29 is 22.0 Å². The second-order valence-electron chi connectivity index (χ2n) is 5.81. The monoisotopic (exact) mass is 346 g/mol. The van der Waals surface area contributed by atoms with Crippen LogP contribution >= 0.6 is 0 Å². The molecule has 0 fully saturated rings. The fourth-order valence-corrected chi connectivity index (χ4v) is 3.41. The van der Waals surface area contributed by atoms with Crippen molar-refractivity contribution in [1.29, 1.82) is 0 Å². The van der Waals surface area contributed by atoms with E-state index in [1.165, 1.54) is 0 Å². The molecular formula is C18H20NO4S+. The van der Waals surface area contributed by atoms with Crippen LogP contribution < -0.4 is 4.57 Å². The van der Waals surface area contributed by atoms with Crippen LogP contribution in [0.1, 0.15) is 18.7 Å². The summed E-state index contributed by atoms with van der Waals surface area (Å²) in [5.74, 6) is 0.569. The Morgan fingerprint density at radius 1 is 1.04 bits per heavy atom. The Morgan fingerprint density at radius 3 is 2.50 bits per heavy atom. The number of hydrogen-bond acceptors (Lipinski definition) is 3. The van der Waals surface area contributed by atoms with Crippen molar-refractivity contribution in [2.45, 2.75) is 26.3 Å². The van der Waals surface area contributed by atoms with Crippen LogP contribution in [0.25, 0.3) is 22.2 Å². The molecule has 1 aromatic heterocycles. The average Bonchev–Trinajstić information content (AvgIpc) is 2.86. The normalized spacial score (nSPS) is 11.9. The van der Waals surface area contributed by atoms with Gasteiger partial charge in [-0.15, -0.1) is 0 Å². The molecule has 0 aliphatic heterocycles. The number of benzene rings is 2. The third-order valence-corrected chi connectivity index (χ3v) is 4.83. The standard InChI is InChI=1S/C18H19NO4S/c1-14-19(11-5-6-12-24(20,21)22)17-13-16(9-10-18(17)23-14)15-7-3-2-4-8-15/h2-4,7-10,13H,5-6,11-12H2,1H3/p+1. The lowest BCUT2D eigenvalue weighted by molar-refractivity contribution is -0.683. The Morgan fingerprint density at radius 2 is 1.79 bits per heavy atom. The van der Waals surface area contributed by atoms with Crippen molar-refractivity contribution in [3.8, 4) is 11.1 Å². The van der Waals surface area contributed by atoms with Gasteiger partial charge in [0.25, 0.3) is 15.6 Å². The van der Waals surface area contributed by atoms with E-state index in [0.717, 1.165) is 28.1 Å².